The maximum Gasteiger partial charge on any atom is 0.217 e. The molecule has 1 amide bonds. The van der Waals surface area contributed by atoms with Crippen molar-refractivity contribution in [2.24, 2.45) is 0 Å². The van der Waals surface area contributed by atoms with Gasteiger partial charge in [0.05, 0.1) is 39.6 Å². The summed E-state index contributed by atoms with van der Waals surface area (Å²) in [7, 11) is 1.76. The molecule has 1 aliphatic heterocycles. The van der Waals surface area contributed by atoms with Gasteiger partial charge in [-0.05, 0) is 36.6 Å². The van der Waals surface area contributed by atoms with Crippen molar-refractivity contribution in [3.63, 3.8) is 0 Å². The van der Waals surface area contributed by atoms with Crippen LogP contribution in [0.3, 0.4) is 0 Å². The minimum absolute atomic E-state index is 0.0944. The topological polar surface area (TPSA) is 175 Å². The molecule has 13 nitrogen and oxygen atoms in total. The number of aliphatic hydroxyl groups excluding tert-OH is 3. The summed E-state index contributed by atoms with van der Waals surface area (Å²) in [5.41, 5.74) is 1.75. The molecule has 1 fully saturated rings. The molecule has 42 heavy (non-hydrogen) atoms. The lowest BCUT2D eigenvalue weighted by atomic mass is 9.97. The van der Waals surface area contributed by atoms with E-state index in [1.54, 1.807) is 7.05 Å². The zero-order chi connectivity index (χ0) is 30.5. The van der Waals surface area contributed by atoms with Crippen molar-refractivity contribution in [1.82, 2.24) is 16.0 Å². The van der Waals surface area contributed by atoms with Gasteiger partial charge in [0.25, 0.3) is 0 Å². The van der Waals surface area contributed by atoms with Gasteiger partial charge >= 0.3 is 0 Å². The summed E-state index contributed by atoms with van der Waals surface area (Å²) in [4.78, 5) is 11.5. The Morgan fingerprint density at radius 2 is 1.50 bits per heavy atom. The Morgan fingerprint density at radius 3 is 2.10 bits per heavy atom. The Hall–Kier alpha value is -2.73. The van der Waals surface area contributed by atoms with E-state index in [2.05, 4.69) is 26.6 Å². The Labute approximate surface area is 255 Å². The number of hydrogen-bond acceptors (Lipinski definition) is 10. The van der Waals surface area contributed by atoms with Crippen LogP contribution in [0.15, 0.2) is 36.4 Å². The van der Waals surface area contributed by atoms with Crippen LogP contribution in [0.2, 0.25) is 0 Å². The number of carbonyl (C=O) groups is 1. The van der Waals surface area contributed by atoms with E-state index in [4.69, 9.17) is 43.4 Å². The van der Waals surface area contributed by atoms with Crippen LogP contribution >= 0.6 is 24.4 Å². The second-order valence-electron chi connectivity index (χ2n) is 9.32. The van der Waals surface area contributed by atoms with E-state index in [0.29, 0.717) is 36.6 Å². The summed E-state index contributed by atoms with van der Waals surface area (Å²) in [6.07, 6.45) is -4.82. The number of anilines is 2. The van der Waals surface area contributed by atoms with Crippen LogP contribution in [0.1, 0.15) is 6.92 Å². The first kappa shape index (κ1) is 33.8. The third-order valence-corrected chi connectivity index (χ3v) is 6.86. The lowest BCUT2D eigenvalue weighted by molar-refractivity contribution is -0.272. The molecule has 3 rings (SSSR count). The van der Waals surface area contributed by atoms with E-state index in [9.17, 15) is 20.1 Å². The highest BCUT2D eigenvalue weighted by molar-refractivity contribution is 7.80. The average molecular weight is 626 g/mol. The monoisotopic (exact) mass is 625 g/mol. The van der Waals surface area contributed by atoms with Crippen molar-refractivity contribution in [3.8, 4) is 0 Å². The summed E-state index contributed by atoms with van der Waals surface area (Å²) >= 11 is 10.7. The molecule has 1 heterocycles. The number of fused-ring (bicyclic) bond motifs is 1. The number of rotatable bonds is 14. The van der Waals surface area contributed by atoms with Gasteiger partial charge in [-0.3, -0.25) is 4.79 Å². The van der Waals surface area contributed by atoms with Crippen molar-refractivity contribution in [3.05, 3.63) is 36.4 Å². The number of carbonyl (C=O) groups excluding carboxylic acids is 1. The molecular formula is C27H39N5O8S2. The predicted octanol–water partition coefficient (Wildman–Crippen LogP) is 0.0359. The maximum absolute atomic E-state index is 11.5. The Balaban J connectivity index is 1.31. The SMILES string of the molecule is CNC(=S)Nc1ccc(NC(=S)NCCOCCOCCO[C@@H]2OC(CO)[C@H](O)[C@H](O)C2NC(C)=O)c2ccccc12. The third kappa shape index (κ3) is 9.93. The van der Waals surface area contributed by atoms with Gasteiger partial charge in [-0.25, -0.2) is 0 Å². The molecule has 0 bridgehead atoms. The minimum atomic E-state index is -1.36. The first-order chi connectivity index (χ1) is 20.2. The van der Waals surface area contributed by atoms with Gasteiger partial charge in [0.15, 0.2) is 16.5 Å². The highest BCUT2D eigenvalue weighted by atomic mass is 32.1. The first-order valence-corrected chi connectivity index (χ1v) is 14.3. The van der Waals surface area contributed by atoms with E-state index in [1.807, 2.05) is 36.4 Å². The molecule has 0 aliphatic carbocycles. The minimum Gasteiger partial charge on any atom is -0.394 e. The van der Waals surface area contributed by atoms with Crippen molar-refractivity contribution in [2.45, 2.75) is 37.6 Å². The van der Waals surface area contributed by atoms with E-state index >= 15 is 0 Å². The van der Waals surface area contributed by atoms with Crippen molar-refractivity contribution in [2.75, 3.05) is 63.9 Å². The summed E-state index contributed by atoms with van der Waals surface area (Å²) < 4.78 is 22.2. The van der Waals surface area contributed by atoms with Crippen LogP contribution in [0, 0.1) is 0 Å². The molecule has 8 N–H and O–H groups in total. The average Bonchev–Trinajstić information content (AvgIpc) is 2.98. The van der Waals surface area contributed by atoms with Crippen LogP contribution in [-0.4, -0.2) is 115 Å². The van der Waals surface area contributed by atoms with Gasteiger partial charge in [0.2, 0.25) is 5.91 Å². The molecule has 0 spiro atoms. The molecule has 2 unspecified atom stereocenters. The van der Waals surface area contributed by atoms with Crippen LogP contribution in [0.5, 0.6) is 0 Å². The zero-order valence-electron chi connectivity index (χ0n) is 23.5. The number of hydrogen-bond donors (Lipinski definition) is 8. The van der Waals surface area contributed by atoms with Crippen molar-refractivity contribution >= 4 is 62.7 Å². The molecule has 0 saturated carbocycles. The summed E-state index contributed by atoms with van der Waals surface area (Å²) in [5.74, 6) is -0.420. The van der Waals surface area contributed by atoms with E-state index in [1.165, 1.54) is 6.92 Å². The number of benzene rings is 2. The number of ether oxygens (including phenoxy) is 4. The van der Waals surface area contributed by atoms with Gasteiger partial charge in [0, 0.05) is 42.7 Å². The van der Waals surface area contributed by atoms with E-state index in [-0.39, 0.29) is 13.2 Å². The lowest BCUT2D eigenvalue weighted by Gasteiger charge is -2.42. The molecule has 1 saturated heterocycles. The second kappa shape index (κ2) is 17.4. The predicted molar refractivity (Wildman–Crippen MR) is 166 cm³/mol. The molecule has 0 aromatic heterocycles. The molecule has 0 radical (unpaired) electrons. The number of aliphatic hydroxyl groups is 3. The van der Waals surface area contributed by atoms with Crippen LogP contribution in [0.4, 0.5) is 11.4 Å². The number of thiocarbonyl (C=S) groups is 2. The third-order valence-electron chi connectivity index (χ3n) is 6.31. The van der Waals surface area contributed by atoms with Gasteiger partial charge in [0.1, 0.15) is 24.4 Å². The van der Waals surface area contributed by atoms with Crippen LogP contribution < -0.4 is 26.6 Å². The molecule has 1 aliphatic rings. The largest absolute Gasteiger partial charge is 0.394 e. The van der Waals surface area contributed by atoms with Crippen LogP contribution in [-0.2, 0) is 23.7 Å². The molecular weight excluding hydrogens is 586 g/mol. The smallest absolute Gasteiger partial charge is 0.217 e. The maximum atomic E-state index is 11.5. The number of nitrogens with one attached hydrogen (secondary N) is 5. The standard InChI is InChI=1S/C27H39N5O8S2/c1-16(34)30-22-24(36)23(35)21(15-33)40-25(22)39-14-13-38-12-11-37-10-9-29-27(42)32-20-8-7-19(31-26(41)28-2)17-5-3-4-6-18(17)20/h3-8,21-25,33,35-36H,9-15H2,1-2H3,(H,30,34)(H2,28,31,41)(H2,29,32,42)/t21?,22?,23-,24+,25+/m0/s1. The Morgan fingerprint density at radius 1 is 0.905 bits per heavy atom. The van der Waals surface area contributed by atoms with Gasteiger partial charge in [-0.15, -0.1) is 0 Å². The zero-order valence-corrected chi connectivity index (χ0v) is 25.1. The fourth-order valence-corrected chi connectivity index (χ4v) is 4.59. The summed E-state index contributed by atoms with van der Waals surface area (Å²) in [6.45, 7) is 2.63. The van der Waals surface area contributed by atoms with Crippen molar-refractivity contribution in [1.29, 1.82) is 0 Å². The van der Waals surface area contributed by atoms with Crippen LogP contribution in [0.25, 0.3) is 10.8 Å². The van der Waals surface area contributed by atoms with Crippen molar-refractivity contribution < 1.29 is 39.1 Å². The fourth-order valence-electron chi connectivity index (χ4n) is 4.26. The quantitative estimate of drug-likeness (QED) is 0.104. The Kier molecular flexibility index (Phi) is 14.0. The second-order valence-corrected chi connectivity index (χ2v) is 10.1. The molecule has 232 valence electrons. The Bertz CT molecular complexity index is 1190. The molecule has 5 atom stereocenters. The normalized spacial score (nSPS) is 21.9. The van der Waals surface area contributed by atoms with E-state index < -0.39 is 43.2 Å². The molecule has 2 aromatic rings. The van der Waals surface area contributed by atoms with Gasteiger partial charge in [-0.2, -0.15) is 0 Å². The summed E-state index contributed by atoms with van der Waals surface area (Å²) in [5, 5.41) is 47.6. The summed E-state index contributed by atoms with van der Waals surface area (Å²) in [6, 6.07) is 10.8. The first-order valence-electron chi connectivity index (χ1n) is 13.5. The van der Waals surface area contributed by atoms with E-state index in [0.717, 1.165) is 22.1 Å². The molecule has 2 aromatic carbocycles. The highest BCUT2D eigenvalue weighted by Crippen LogP contribution is 2.30. The van der Waals surface area contributed by atoms with Gasteiger partial charge in [-0.1, -0.05) is 24.3 Å². The lowest BCUT2D eigenvalue weighted by Crippen LogP contribution is -2.64. The van der Waals surface area contributed by atoms with Gasteiger partial charge < -0.3 is 60.9 Å². The highest BCUT2D eigenvalue weighted by Gasteiger charge is 2.45. The number of amides is 1. The fraction of sp³-hybridized carbons (Fsp3) is 0.519. The molecule has 15 heteroatoms.